The summed E-state index contributed by atoms with van der Waals surface area (Å²) in [5.74, 6) is 0.862. The highest BCUT2D eigenvalue weighted by atomic mass is 16.6. The second-order valence-corrected chi connectivity index (χ2v) is 22.1. The van der Waals surface area contributed by atoms with Gasteiger partial charge in [0.15, 0.2) is 17.2 Å². The third-order valence-electron chi connectivity index (χ3n) is 17.2. The van der Waals surface area contributed by atoms with Crippen molar-refractivity contribution >= 4 is 23.5 Å². The van der Waals surface area contributed by atoms with Crippen LogP contribution in [0.5, 0.6) is 0 Å². The SMILES string of the molecule is CCCCCCCCCCCC(CCCCCCCCCCC)OC(=O)CCCCN(CCO)CCCCCC(=O)OC1(C(C)=O)CCC2C3C=C(C)C4=CC(=O)CCC4(C)C3CCC21C. The van der Waals surface area contributed by atoms with E-state index in [2.05, 4.69) is 45.6 Å². The van der Waals surface area contributed by atoms with Gasteiger partial charge in [-0.05, 0) is 145 Å². The first-order valence-electron chi connectivity index (χ1n) is 28.0. The van der Waals surface area contributed by atoms with E-state index >= 15 is 0 Å². The molecule has 6 atom stereocenters. The zero-order valence-electron chi connectivity index (χ0n) is 43.5. The molecule has 6 unspecified atom stereocenters. The van der Waals surface area contributed by atoms with Gasteiger partial charge in [-0.3, -0.25) is 19.2 Å². The summed E-state index contributed by atoms with van der Waals surface area (Å²) in [6, 6.07) is 0. The minimum Gasteiger partial charge on any atom is -0.462 e. The maximum absolute atomic E-state index is 13.6. The summed E-state index contributed by atoms with van der Waals surface area (Å²) >= 11 is 0. The highest BCUT2D eigenvalue weighted by Gasteiger charge is 2.67. The summed E-state index contributed by atoms with van der Waals surface area (Å²) < 4.78 is 12.5. The van der Waals surface area contributed by atoms with Crippen molar-refractivity contribution in [1.29, 1.82) is 0 Å². The lowest BCUT2D eigenvalue weighted by Crippen LogP contribution is -2.58. The minimum absolute atomic E-state index is 0.0261. The number of aliphatic hydroxyl groups is 1. The van der Waals surface area contributed by atoms with Gasteiger partial charge in [0, 0.05) is 31.2 Å². The lowest BCUT2D eigenvalue weighted by atomic mass is 9.47. The average Bonchev–Trinajstić information content (AvgIpc) is 3.59. The van der Waals surface area contributed by atoms with Gasteiger partial charge < -0.3 is 19.5 Å². The fourth-order valence-electron chi connectivity index (χ4n) is 13.2. The molecule has 0 heterocycles. The minimum atomic E-state index is -1.09. The molecule has 378 valence electrons. The number of aliphatic hydroxyl groups excluding tert-OH is 1. The maximum atomic E-state index is 13.6. The fraction of sp³-hybridized carbons (Fsp3) is 0.862. The molecule has 4 aliphatic rings. The first-order chi connectivity index (χ1) is 31.8. The third-order valence-corrected chi connectivity index (χ3v) is 17.2. The smallest absolute Gasteiger partial charge is 0.306 e. The van der Waals surface area contributed by atoms with E-state index in [0.29, 0.717) is 50.5 Å². The number of Topliss-reactive ketones (excluding diaryl/α,β-unsaturated/α-hetero) is 1. The number of carbonyl (C=O) groups is 4. The molecule has 2 fully saturated rings. The normalized spacial score (nSPS) is 25.9. The molecule has 66 heavy (non-hydrogen) atoms. The number of carbonyl (C=O) groups excluding carboxylic acids is 4. The van der Waals surface area contributed by atoms with Crippen LogP contribution < -0.4 is 0 Å². The number of fused-ring (bicyclic) bond motifs is 5. The van der Waals surface area contributed by atoms with Gasteiger partial charge in [-0.1, -0.05) is 148 Å². The zero-order chi connectivity index (χ0) is 47.8. The Morgan fingerprint density at radius 3 is 1.77 bits per heavy atom. The summed E-state index contributed by atoms with van der Waals surface area (Å²) in [5, 5.41) is 9.82. The Balaban J connectivity index is 1.15. The Labute approximate surface area is 404 Å². The van der Waals surface area contributed by atoms with E-state index in [1.165, 1.54) is 114 Å². The molecule has 4 aliphatic carbocycles. The average molecular weight is 922 g/mol. The van der Waals surface area contributed by atoms with Crippen LogP contribution in [0.25, 0.3) is 0 Å². The van der Waals surface area contributed by atoms with E-state index in [0.717, 1.165) is 90.1 Å². The van der Waals surface area contributed by atoms with Gasteiger partial charge >= 0.3 is 11.9 Å². The fourth-order valence-corrected chi connectivity index (χ4v) is 13.2. The van der Waals surface area contributed by atoms with Crippen LogP contribution in [0.2, 0.25) is 0 Å². The standard InChI is InChI=1S/C58H99NO7/c1-7-9-11-13-15-17-19-21-24-30-49(31-25-22-20-18-16-14-12-10-8-2)65-54(63)32-27-29-41-59(42-43-60)40-28-23-26-33-55(64)66-58(47(4)61)39-36-52-50-44-46(3)53-45-48(62)34-37-56(53,5)51(50)35-38-57(52,58)6/h44-45,49-52,60H,7-43H2,1-6H3. The van der Waals surface area contributed by atoms with Crippen LogP contribution in [0.15, 0.2) is 23.3 Å². The topological polar surface area (TPSA) is 110 Å². The van der Waals surface area contributed by atoms with E-state index in [-0.39, 0.29) is 47.5 Å². The van der Waals surface area contributed by atoms with Crippen LogP contribution >= 0.6 is 0 Å². The quantitative estimate of drug-likeness (QED) is 0.0489. The Bertz CT molecular complexity index is 1510. The summed E-state index contributed by atoms with van der Waals surface area (Å²) in [4.78, 5) is 55.0. The number of ketones is 2. The summed E-state index contributed by atoms with van der Waals surface area (Å²) in [6.07, 6.45) is 39.3. The number of allylic oxidation sites excluding steroid dienone is 4. The number of ether oxygens (including phenoxy) is 2. The highest BCUT2D eigenvalue weighted by Crippen LogP contribution is 2.68. The van der Waals surface area contributed by atoms with Gasteiger partial charge in [0.1, 0.15) is 6.10 Å². The number of esters is 2. The van der Waals surface area contributed by atoms with Gasteiger partial charge in [-0.2, -0.15) is 0 Å². The number of rotatable bonds is 36. The molecular weight excluding hydrogens is 823 g/mol. The highest BCUT2D eigenvalue weighted by molar-refractivity contribution is 5.92. The van der Waals surface area contributed by atoms with Crippen molar-refractivity contribution in [1.82, 2.24) is 4.90 Å². The monoisotopic (exact) mass is 922 g/mol. The van der Waals surface area contributed by atoms with Crippen LogP contribution in [-0.2, 0) is 28.7 Å². The van der Waals surface area contributed by atoms with Crippen molar-refractivity contribution in [2.24, 2.45) is 28.6 Å². The molecule has 0 aromatic carbocycles. The summed E-state index contributed by atoms with van der Waals surface area (Å²) in [5.41, 5.74) is 0.876. The van der Waals surface area contributed by atoms with Crippen LogP contribution in [0.4, 0.5) is 0 Å². The molecule has 0 radical (unpaired) electrons. The molecule has 4 rings (SSSR count). The van der Waals surface area contributed by atoms with Gasteiger partial charge in [0.25, 0.3) is 0 Å². The zero-order valence-corrected chi connectivity index (χ0v) is 43.5. The first kappa shape index (κ1) is 56.3. The molecule has 0 aliphatic heterocycles. The number of nitrogens with zero attached hydrogens (tertiary/aromatic N) is 1. The largest absolute Gasteiger partial charge is 0.462 e. The molecule has 2 saturated carbocycles. The molecule has 0 aromatic rings. The number of unbranched alkanes of at least 4 members (excludes halogenated alkanes) is 19. The molecular formula is C58H99NO7. The summed E-state index contributed by atoms with van der Waals surface area (Å²) in [7, 11) is 0. The predicted octanol–water partition coefficient (Wildman–Crippen LogP) is 14.3. The molecule has 8 nitrogen and oxygen atoms in total. The molecule has 8 heteroatoms. The van der Waals surface area contributed by atoms with Crippen molar-refractivity contribution in [3.05, 3.63) is 23.3 Å². The molecule has 1 N–H and O–H groups in total. The lowest BCUT2D eigenvalue weighted by Gasteiger charge is -2.58. The maximum Gasteiger partial charge on any atom is 0.306 e. The molecule has 0 bridgehead atoms. The number of hydrogen-bond donors (Lipinski definition) is 1. The second kappa shape index (κ2) is 29.7. The molecule has 0 spiro atoms. The van der Waals surface area contributed by atoms with Crippen LogP contribution in [0, 0.1) is 28.6 Å². The van der Waals surface area contributed by atoms with Crippen LogP contribution in [0.3, 0.4) is 0 Å². The van der Waals surface area contributed by atoms with E-state index in [4.69, 9.17) is 9.47 Å². The van der Waals surface area contributed by atoms with Crippen LogP contribution in [0.1, 0.15) is 253 Å². The van der Waals surface area contributed by atoms with E-state index in [1.807, 2.05) is 6.08 Å². The van der Waals surface area contributed by atoms with Gasteiger partial charge in [-0.15, -0.1) is 0 Å². The van der Waals surface area contributed by atoms with Crippen molar-refractivity contribution in [2.45, 2.75) is 265 Å². The van der Waals surface area contributed by atoms with Gasteiger partial charge in [0.2, 0.25) is 0 Å². The Morgan fingerprint density at radius 2 is 1.20 bits per heavy atom. The van der Waals surface area contributed by atoms with Gasteiger partial charge in [0.05, 0.1) is 6.61 Å². The van der Waals surface area contributed by atoms with Crippen molar-refractivity contribution < 1.29 is 33.8 Å². The van der Waals surface area contributed by atoms with Crippen molar-refractivity contribution in [3.63, 3.8) is 0 Å². The van der Waals surface area contributed by atoms with E-state index < -0.39 is 11.0 Å². The Kier molecular flexibility index (Phi) is 25.3. The van der Waals surface area contributed by atoms with Crippen molar-refractivity contribution in [3.8, 4) is 0 Å². The predicted molar refractivity (Wildman–Crippen MR) is 270 cm³/mol. The Morgan fingerprint density at radius 1 is 0.682 bits per heavy atom. The van der Waals surface area contributed by atoms with Gasteiger partial charge in [-0.25, -0.2) is 0 Å². The second-order valence-electron chi connectivity index (χ2n) is 22.1. The van der Waals surface area contributed by atoms with Crippen LogP contribution in [-0.4, -0.2) is 71.5 Å². The lowest BCUT2D eigenvalue weighted by molar-refractivity contribution is -0.187. The first-order valence-corrected chi connectivity index (χ1v) is 28.0. The number of hydrogen-bond acceptors (Lipinski definition) is 8. The van der Waals surface area contributed by atoms with E-state index in [1.54, 1.807) is 6.92 Å². The molecule has 0 saturated heterocycles. The van der Waals surface area contributed by atoms with Crippen molar-refractivity contribution in [2.75, 3.05) is 26.2 Å². The Hall–Kier alpha value is -2.32. The molecule has 0 amide bonds. The van der Waals surface area contributed by atoms with E-state index in [9.17, 15) is 24.3 Å². The third kappa shape index (κ3) is 16.4. The summed E-state index contributed by atoms with van der Waals surface area (Å²) in [6.45, 7) is 15.2. The molecule has 0 aromatic heterocycles.